The monoisotopic (exact) mass is 408 g/mol. The molecule has 0 radical (unpaired) electrons. The van der Waals surface area contributed by atoms with Gasteiger partial charge in [0.05, 0.1) is 36.7 Å². The summed E-state index contributed by atoms with van der Waals surface area (Å²) in [7, 11) is 3.28. The highest BCUT2D eigenvalue weighted by atomic mass is 79.9. The van der Waals surface area contributed by atoms with E-state index >= 15 is 0 Å². The Morgan fingerprint density at radius 3 is 2.80 bits per heavy atom. The first kappa shape index (κ1) is 17.8. The van der Waals surface area contributed by atoms with Crippen LogP contribution in [0.25, 0.3) is 11.4 Å². The lowest BCUT2D eigenvalue weighted by atomic mass is 9.74. The minimum absolute atomic E-state index is 0.0429. The largest absolute Gasteiger partial charge is 0.491 e. The SMILES string of the molecule is COC(=O)C1CCC1COc1ccc(-c2nnn(C)c2CBr)nc1C. The fourth-order valence-corrected chi connectivity index (χ4v) is 3.61. The average molecular weight is 409 g/mol. The molecule has 1 aliphatic carbocycles. The van der Waals surface area contributed by atoms with Crippen molar-refractivity contribution in [2.24, 2.45) is 18.9 Å². The zero-order chi connectivity index (χ0) is 18.0. The molecule has 0 N–H and O–H groups in total. The molecule has 1 aliphatic rings. The molecule has 7 nitrogen and oxygen atoms in total. The van der Waals surface area contributed by atoms with Gasteiger partial charge in [0.2, 0.25) is 0 Å². The van der Waals surface area contributed by atoms with Crippen LogP contribution < -0.4 is 4.74 Å². The summed E-state index contributed by atoms with van der Waals surface area (Å²) in [6.45, 7) is 2.40. The maximum Gasteiger partial charge on any atom is 0.309 e. The molecule has 134 valence electrons. The van der Waals surface area contributed by atoms with E-state index < -0.39 is 0 Å². The van der Waals surface area contributed by atoms with E-state index in [4.69, 9.17) is 9.47 Å². The minimum Gasteiger partial charge on any atom is -0.491 e. The van der Waals surface area contributed by atoms with E-state index in [1.165, 1.54) is 7.11 Å². The number of aromatic nitrogens is 4. The van der Waals surface area contributed by atoms with Gasteiger partial charge in [0, 0.05) is 18.3 Å². The van der Waals surface area contributed by atoms with Crippen molar-refractivity contribution in [3.8, 4) is 17.1 Å². The van der Waals surface area contributed by atoms with Crippen LogP contribution in [-0.4, -0.2) is 39.7 Å². The first-order valence-electron chi connectivity index (χ1n) is 8.18. The van der Waals surface area contributed by atoms with Gasteiger partial charge in [-0.15, -0.1) is 5.10 Å². The molecular formula is C17H21BrN4O3. The van der Waals surface area contributed by atoms with Gasteiger partial charge in [-0.25, -0.2) is 4.98 Å². The number of carbonyl (C=O) groups excluding carboxylic acids is 1. The van der Waals surface area contributed by atoms with Crippen molar-refractivity contribution in [1.29, 1.82) is 0 Å². The fraction of sp³-hybridized carbons (Fsp3) is 0.529. The molecule has 0 spiro atoms. The number of halogens is 1. The van der Waals surface area contributed by atoms with Crippen LogP contribution in [0.1, 0.15) is 24.2 Å². The van der Waals surface area contributed by atoms with Crippen molar-refractivity contribution in [2.45, 2.75) is 25.1 Å². The zero-order valence-electron chi connectivity index (χ0n) is 14.5. The third-order valence-corrected chi connectivity index (χ3v) is 5.25. The first-order chi connectivity index (χ1) is 12.0. The van der Waals surface area contributed by atoms with E-state index in [1.54, 1.807) is 4.68 Å². The summed E-state index contributed by atoms with van der Waals surface area (Å²) in [4.78, 5) is 16.2. The van der Waals surface area contributed by atoms with Crippen molar-refractivity contribution in [3.05, 3.63) is 23.5 Å². The third kappa shape index (κ3) is 3.53. The molecule has 0 saturated heterocycles. The van der Waals surface area contributed by atoms with Gasteiger partial charge in [0.15, 0.2) is 0 Å². The van der Waals surface area contributed by atoms with Crippen LogP contribution in [0.5, 0.6) is 5.75 Å². The molecule has 2 aromatic rings. The van der Waals surface area contributed by atoms with Gasteiger partial charge in [-0.2, -0.15) is 0 Å². The smallest absolute Gasteiger partial charge is 0.309 e. The number of rotatable bonds is 6. The summed E-state index contributed by atoms with van der Waals surface area (Å²) >= 11 is 3.46. The maximum absolute atomic E-state index is 11.6. The highest BCUT2D eigenvalue weighted by Crippen LogP contribution is 2.36. The molecule has 0 aromatic carbocycles. The van der Waals surface area contributed by atoms with Crippen molar-refractivity contribution in [1.82, 2.24) is 20.0 Å². The lowest BCUT2D eigenvalue weighted by Crippen LogP contribution is -2.37. The molecular weight excluding hydrogens is 388 g/mol. The number of aryl methyl sites for hydroxylation is 2. The second-order valence-corrected chi connectivity index (χ2v) is 6.76. The van der Waals surface area contributed by atoms with Crippen LogP contribution in [0.2, 0.25) is 0 Å². The van der Waals surface area contributed by atoms with Gasteiger partial charge in [-0.3, -0.25) is 9.48 Å². The number of esters is 1. The highest BCUT2D eigenvalue weighted by Gasteiger charge is 2.37. The summed E-state index contributed by atoms with van der Waals surface area (Å²) in [5.41, 5.74) is 3.29. The van der Waals surface area contributed by atoms with E-state index in [0.717, 1.165) is 41.4 Å². The Bertz CT molecular complexity index is 777. The molecule has 1 fully saturated rings. The van der Waals surface area contributed by atoms with E-state index in [9.17, 15) is 4.79 Å². The normalized spacial score (nSPS) is 19.4. The third-order valence-electron chi connectivity index (χ3n) is 4.72. The van der Waals surface area contributed by atoms with Crippen molar-refractivity contribution in [2.75, 3.05) is 13.7 Å². The summed E-state index contributed by atoms with van der Waals surface area (Å²) in [5.74, 6) is 0.753. The number of nitrogens with zero attached hydrogens (tertiary/aromatic N) is 4. The van der Waals surface area contributed by atoms with Crippen LogP contribution in [0.3, 0.4) is 0 Å². The number of alkyl halides is 1. The lowest BCUT2D eigenvalue weighted by molar-refractivity contribution is -0.152. The Hall–Kier alpha value is -1.96. The summed E-state index contributed by atoms with van der Waals surface area (Å²) < 4.78 is 12.5. The van der Waals surface area contributed by atoms with Crippen LogP contribution in [0, 0.1) is 18.8 Å². The lowest BCUT2D eigenvalue weighted by Gasteiger charge is -2.34. The van der Waals surface area contributed by atoms with Crippen LogP contribution in [0.4, 0.5) is 0 Å². The first-order valence-corrected chi connectivity index (χ1v) is 9.30. The number of hydrogen-bond donors (Lipinski definition) is 0. The van der Waals surface area contributed by atoms with Gasteiger partial charge in [-0.05, 0) is 31.9 Å². The zero-order valence-corrected chi connectivity index (χ0v) is 16.1. The number of methoxy groups -OCH3 is 1. The van der Waals surface area contributed by atoms with Gasteiger partial charge in [0.25, 0.3) is 0 Å². The minimum atomic E-state index is -0.144. The Morgan fingerprint density at radius 2 is 2.20 bits per heavy atom. The van der Waals surface area contributed by atoms with Crippen LogP contribution >= 0.6 is 15.9 Å². The van der Waals surface area contributed by atoms with Gasteiger partial charge < -0.3 is 9.47 Å². The molecule has 8 heteroatoms. The molecule has 3 rings (SSSR count). The number of ether oxygens (including phenoxy) is 2. The summed E-state index contributed by atoms with van der Waals surface area (Å²) in [6, 6.07) is 3.78. The molecule has 2 heterocycles. The Labute approximate surface area is 154 Å². The number of pyridine rings is 1. The molecule has 2 unspecified atom stereocenters. The molecule has 2 atom stereocenters. The van der Waals surface area contributed by atoms with E-state index in [2.05, 4.69) is 31.2 Å². The number of hydrogen-bond acceptors (Lipinski definition) is 6. The Kier molecular flexibility index (Phi) is 5.36. The average Bonchev–Trinajstić information content (AvgIpc) is 2.95. The predicted octanol–water partition coefficient (Wildman–Crippen LogP) is 2.66. The predicted molar refractivity (Wildman–Crippen MR) is 95.3 cm³/mol. The van der Waals surface area contributed by atoms with E-state index in [0.29, 0.717) is 11.9 Å². The summed E-state index contributed by atoms with van der Waals surface area (Å²) in [6.07, 6.45) is 1.86. The molecule has 0 bridgehead atoms. The molecule has 1 saturated carbocycles. The fourth-order valence-electron chi connectivity index (χ4n) is 2.99. The van der Waals surface area contributed by atoms with Gasteiger partial charge in [-0.1, -0.05) is 21.1 Å². The molecule has 0 aliphatic heterocycles. The second-order valence-electron chi connectivity index (χ2n) is 6.20. The Balaban J connectivity index is 1.69. The molecule has 25 heavy (non-hydrogen) atoms. The number of carbonyl (C=O) groups is 1. The van der Waals surface area contributed by atoms with Gasteiger partial charge >= 0.3 is 5.97 Å². The molecule has 2 aromatic heterocycles. The molecule has 0 amide bonds. The topological polar surface area (TPSA) is 79.1 Å². The maximum atomic E-state index is 11.6. The van der Waals surface area contributed by atoms with Crippen LogP contribution in [0.15, 0.2) is 12.1 Å². The van der Waals surface area contributed by atoms with Crippen LogP contribution in [-0.2, 0) is 21.9 Å². The quantitative estimate of drug-likeness (QED) is 0.539. The highest BCUT2D eigenvalue weighted by molar-refractivity contribution is 9.08. The van der Waals surface area contributed by atoms with E-state index in [-0.39, 0.29) is 17.8 Å². The second kappa shape index (κ2) is 7.51. The van der Waals surface area contributed by atoms with Gasteiger partial charge in [0.1, 0.15) is 11.4 Å². The Morgan fingerprint density at radius 1 is 1.40 bits per heavy atom. The standard InChI is InChI=1S/C17H21BrN4O3/c1-10-15(25-9-11-4-5-12(11)17(23)24-3)7-6-13(19-10)16-14(8-18)22(2)21-20-16/h6-7,11-12H,4-5,8-9H2,1-3H3. The van der Waals surface area contributed by atoms with Crippen molar-refractivity contribution in [3.63, 3.8) is 0 Å². The summed E-state index contributed by atoms with van der Waals surface area (Å²) in [5, 5.41) is 8.89. The van der Waals surface area contributed by atoms with E-state index in [1.807, 2.05) is 26.1 Å². The van der Waals surface area contributed by atoms with Crippen molar-refractivity contribution >= 4 is 21.9 Å². The van der Waals surface area contributed by atoms with Crippen molar-refractivity contribution < 1.29 is 14.3 Å².